The third kappa shape index (κ3) is 4.54. The second kappa shape index (κ2) is 6.33. The molecule has 2 atom stereocenters. The van der Waals surface area contributed by atoms with Crippen molar-refractivity contribution in [2.75, 3.05) is 18.6 Å². The predicted octanol–water partition coefficient (Wildman–Crippen LogP) is 1.66. The first-order chi connectivity index (χ1) is 8.98. The Morgan fingerprint density at radius 1 is 1.58 bits per heavy atom. The van der Waals surface area contributed by atoms with Crippen LogP contribution in [0.25, 0.3) is 0 Å². The molecule has 1 aliphatic rings. The fourth-order valence-corrected chi connectivity index (χ4v) is 5.41. The largest absolute Gasteiger partial charge is 0.317 e. The van der Waals surface area contributed by atoms with Crippen molar-refractivity contribution in [1.82, 2.24) is 10.3 Å². The summed E-state index contributed by atoms with van der Waals surface area (Å²) >= 11 is 1.72. The van der Waals surface area contributed by atoms with E-state index in [1.54, 1.807) is 11.3 Å². The molecule has 1 aromatic heterocycles. The van der Waals surface area contributed by atoms with Crippen LogP contribution in [0.15, 0.2) is 6.20 Å². The first-order valence-electron chi connectivity index (χ1n) is 6.80. The van der Waals surface area contributed by atoms with Gasteiger partial charge in [-0.15, -0.1) is 11.3 Å². The van der Waals surface area contributed by atoms with Crippen LogP contribution in [-0.2, 0) is 22.7 Å². The Morgan fingerprint density at radius 3 is 3.05 bits per heavy atom. The normalized spacial score (nSPS) is 24.2. The van der Waals surface area contributed by atoms with E-state index in [4.69, 9.17) is 0 Å². The molecule has 4 nitrogen and oxygen atoms in total. The molecule has 0 saturated carbocycles. The van der Waals surface area contributed by atoms with Crippen molar-refractivity contribution in [3.63, 3.8) is 0 Å². The number of sulfone groups is 1. The number of likely N-dealkylation sites (N-methyl/N-ethyl adjacent to an activating group) is 1. The smallest absolute Gasteiger partial charge is 0.150 e. The average molecular weight is 302 g/mol. The molecule has 2 heterocycles. The van der Waals surface area contributed by atoms with Crippen molar-refractivity contribution >= 4 is 21.2 Å². The fourth-order valence-electron chi connectivity index (χ4n) is 2.47. The summed E-state index contributed by atoms with van der Waals surface area (Å²) in [7, 11) is -0.843. The van der Waals surface area contributed by atoms with Crippen molar-refractivity contribution in [3.05, 3.63) is 16.1 Å². The maximum absolute atomic E-state index is 11.6. The fraction of sp³-hybridized carbons (Fsp3) is 0.769. The van der Waals surface area contributed by atoms with E-state index in [1.165, 1.54) is 4.88 Å². The Morgan fingerprint density at radius 2 is 2.37 bits per heavy atom. The Kier molecular flexibility index (Phi) is 4.97. The zero-order valence-electron chi connectivity index (χ0n) is 11.6. The molecule has 1 N–H and O–H groups in total. The molecule has 0 radical (unpaired) electrons. The van der Waals surface area contributed by atoms with E-state index >= 15 is 0 Å². The highest BCUT2D eigenvalue weighted by molar-refractivity contribution is 7.91. The van der Waals surface area contributed by atoms with Gasteiger partial charge in [0.25, 0.3) is 0 Å². The Hall–Kier alpha value is -0.460. The van der Waals surface area contributed by atoms with E-state index in [-0.39, 0.29) is 5.92 Å². The molecule has 1 fully saturated rings. The lowest BCUT2D eigenvalue weighted by atomic mass is 10.0. The quantitative estimate of drug-likeness (QED) is 0.899. The molecule has 6 heteroatoms. The molecule has 2 rings (SSSR count). The van der Waals surface area contributed by atoms with Crippen molar-refractivity contribution < 1.29 is 8.42 Å². The van der Waals surface area contributed by atoms with Gasteiger partial charge in [-0.05, 0) is 39.2 Å². The van der Waals surface area contributed by atoms with Crippen molar-refractivity contribution in [2.24, 2.45) is 5.92 Å². The van der Waals surface area contributed by atoms with Gasteiger partial charge in [0.15, 0.2) is 9.84 Å². The van der Waals surface area contributed by atoms with E-state index < -0.39 is 9.84 Å². The van der Waals surface area contributed by atoms with Crippen LogP contribution in [0, 0.1) is 5.92 Å². The van der Waals surface area contributed by atoms with Crippen molar-refractivity contribution in [1.29, 1.82) is 0 Å². The van der Waals surface area contributed by atoms with E-state index in [0.717, 1.165) is 30.7 Å². The number of aromatic nitrogens is 1. The van der Waals surface area contributed by atoms with Crippen LogP contribution in [0.3, 0.4) is 0 Å². The molecule has 0 amide bonds. The first-order valence-corrected chi connectivity index (χ1v) is 9.43. The third-order valence-corrected chi connectivity index (χ3v) is 6.55. The lowest BCUT2D eigenvalue weighted by Gasteiger charge is -2.20. The number of rotatable bonds is 5. The zero-order valence-corrected chi connectivity index (χ0v) is 13.2. The van der Waals surface area contributed by atoms with Crippen LogP contribution >= 0.6 is 11.3 Å². The van der Waals surface area contributed by atoms with Gasteiger partial charge < -0.3 is 5.32 Å². The number of thiazole rings is 1. The molecular formula is C13H22N2O2S2. The summed E-state index contributed by atoms with van der Waals surface area (Å²) in [5.74, 6) is 0.973. The summed E-state index contributed by atoms with van der Waals surface area (Å²) in [4.78, 5) is 5.71. The van der Waals surface area contributed by atoms with Crippen LogP contribution in [-0.4, -0.2) is 38.0 Å². The SMILES string of the molecule is CNC(C)Cc1cnc(CC2CCCS(=O)(=O)C2)s1. The molecule has 1 saturated heterocycles. The molecule has 0 spiro atoms. The molecular weight excluding hydrogens is 280 g/mol. The minimum Gasteiger partial charge on any atom is -0.317 e. The summed E-state index contributed by atoms with van der Waals surface area (Å²) in [5.41, 5.74) is 0. The second-order valence-corrected chi connectivity index (χ2v) is 8.87. The van der Waals surface area contributed by atoms with Gasteiger partial charge in [-0.2, -0.15) is 0 Å². The van der Waals surface area contributed by atoms with Gasteiger partial charge in [0.1, 0.15) is 0 Å². The highest BCUT2D eigenvalue weighted by Crippen LogP contribution is 2.25. The summed E-state index contributed by atoms with van der Waals surface area (Å²) in [6, 6.07) is 0.448. The number of nitrogens with zero attached hydrogens (tertiary/aromatic N) is 1. The van der Waals surface area contributed by atoms with E-state index in [1.807, 2.05) is 13.2 Å². The highest BCUT2D eigenvalue weighted by Gasteiger charge is 2.25. The van der Waals surface area contributed by atoms with Gasteiger partial charge in [-0.25, -0.2) is 13.4 Å². The first kappa shape index (κ1) is 14.9. The molecule has 0 bridgehead atoms. The van der Waals surface area contributed by atoms with Crippen LogP contribution in [0.1, 0.15) is 29.7 Å². The number of hydrogen-bond donors (Lipinski definition) is 1. The second-order valence-electron chi connectivity index (χ2n) is 5.44. The highest BCUT2D eigenvalue weighted by atomic mass is 32.2. The van der Waals surface area contributed by atoms with Gasteiger partial charge in [0.2, 0.25) is 0 Å². The van der Waals surface area contributed by atoms with Crippen LogP contribution < -0.4 is 5.32 Å². The maximum atomic E-state index is 11.6. The minimum absolute atomic E-state index is 0.263. The van der Waals surface area contributed by atoms with E-state index in [9.17, 15) is 8.42 Å². The maximum Gasteiger partial charge on any atom is 0.150 e. The van der Waals surface area contributed by atoms with Crippen LogP contribution in [0.5, 0.6) is 0 Å². The monoisotopic (exact) mass is 302 g/mol. The average Bonchev–Trinajstić information content (AvgIpc) is 2.75. The van der Waals surface area contributed by atoms with Crippen LogP contribution in [0.2, 0.25) is 0 Å². The van der Waals surface area contributed by atoms with Crippen LogP contribution in [0.4, 0.5) is 0 Å². The van der Waals surface area contributed by atoms with Gasteiger partial charge in [0, 0.05) is 23.5 Å². The lowest BCUT2D eigenvalue weighted by Crippen LogP contribution is -2.26. The molecule has 2 unspecified atom stereocenters. The van der Waals surface area contributed by atoms with Gasteiger partial charge >= 0.3 is 0 Å². The third-order valence-electron chi connectivity index (χ3n) is 3.62. The van der Waals surface area contributed by atoms with Gasteiger partial charge in [-0.3, -0.25) is 0 Å². The summed E-state index contributed by atoms with van der Waals surface area (Å²) in [6.45, 7) is 2.15. The van der Waals surface area contributed by atoms with Crippen molar-refractivity contribution in [2.45, 2.75) is 38.6 Å². The number of hydrogen-bond acceptors (Lipinski definition) is 5. The van der Waals surface area contributed by atoms with Gasteiger partial charge in [0.05, 0.1) is 16.5 Å². The Bertz CT molecular complexity index is 510. The molecule has 0 aromatic carbocycles. The lowest BCUT2D eigenvalue weighted by molar-refractivity contribution is 0.483. The Labute approximate surface area is 119 Å². The van der Waals surface area contributed by atoms with Crippen molar-refractivity contribution in [3.8, 4) is 0 Å². The van der Waals surface area contributed by atoms with Gasteiger partial charge in [-0.1, -0.05) is 0 Å². The predicted molar refractivity (Wildman–Crippen MR) is 79.4 cm³/mol. The summed E-state index contributed by atoms with van der Waals surface area (Å²) < 4.78 is 23.2. The topological polar surface area (TPSA) is 59.1 Å². The summed E-state index contributed by atoms with van der Waals surface area (Å²) in [6.07, 6.45) is 5.56. The molecule has 1 aromatic rings. The summed E-state index contributed by atoms with van der Waals surface area (Å²) in [5, 5.41) is 4.30. The minimum atomic E-state index is -2.80. The molecule has 0 aliphatic carbocycles. The standard InChI is InChI=1S/C13H22N2O2S2/c1-10(14-2)6-12-8-15-13(18-12)7-11-4-3-5-19(16,17)9-11/h8,10-11,14H,3-7,9H2,1-2H3. The zero-order chi connectivity index (χ0) is 13.9. The molecule has 1 aliphatic heterocycles. The van der Waals surface area contributed by atoms with E-state index in [0.29, 0.717) is 17.5 Å². The van der Waals surface area contributed by atoms with E-state index in [2.05, 4.69) is 17.2 Å². The Balaban J connectivity index is 1.92. The molecule has 19 heavy (non-hydrogen) atoms. The molecule has 108 valence electrons. The number of nitrogens with one attached hydrogen (secondary N) is 1.